The summed E-state index contributed by atoms with van der Waals surface area (Å²) in [7, 11) is -3.11. The van der Waals surface area contributed by atoms with Crippen molar-refractivity contribution in [2.75, 3.05) is 0 Å². The summed E-state index contributed by atoms with van der Waals surface area (Å²) in [5.41, 5.74) is 1.50. The number of rotatable bonds is 10. The van der Waals surface area contributed by atoms with Crippen molar-refractivity contribution in [3.63, 3.8) is 0 Å². The second-order valence-electron chi connectivity index (χ2n) is 5.78. The molecule has 0 aliphatic carbocycles. The molecule has 1 rings (SSSR count). The molecule has 0 bridgehead atoms. The Balaban J connectivity index is -0.000000267. The molecule has 0 aliphatic rings. The van der Waals surface area contributed by atoms with E-state index in [2.05, 4.69) is 44.2 Å². The zero-order valence-corrected chi connectivity index (χ0v) is 20.8. The van der Waals surface area contributed by atoms with Crippen LogP contribution in [0.1, 0.15) is 97.0 Å². The van der Waals surface area contributed by atoms with Gasteiger partial charge in [0.05, 0.1) is 0 Å². The van der Waals surface area contributed by atoms with Crippen molar-refractivity contribution in [2.45, 2.75) is 91.4 Å². The van der Waals surface area contributed by atoms with E-state index in [1.54, 1.807) is 0 Å². The standard InChI is InChI=1S/C18H30.C2H6.CH3.Na.O3S/c1-3-4-5-6-7-8-9-11-14-17(2)18-15-12-10-13-16-18;1-2;;;1-4(2)3/h10,12-13,15-17H,3-9,11,14H2,1-2H3;1-2H3;1H3;;/q;;-1;+1;. The monoisotopic (exact) mass is 394 g/mol. The predicted octanol–water partition coefficient (Wildman–Crippen LogP) is 3.80. The molecule has 148 valence electrons. The Morgan fingerprint density at radius 3 is 1.62 bits per heavy atom. The first-order chi connectivity index (χ1) is 11.6. The molecule has 1 aromatic rings. The maximum absolute atomic E-state index is 8.44. The van der Waals surface area contributed by atoms with Crippen molar-refractivity contribution in [1.82, 2.24) is 0 Å². The average molecular weight is 395 g/mol. The average Bonchev–Trinajstić information content (AvgIpc) is 2.59. The zero-order valence-electron chi connectivity index (χ0n) is 18.0. The SMILES string of the molecule is CC.CCCCCCCCCCC(C)c1ccccc1.O=S(=O)=O.[CH3-].[Na+]. The molecular weight excluding hydrogens is 355 g/mol. The summed E-state index contributed by atoms with van der Waals surface area (Å²) in [5.74, 6) is 0.728. The van der Waals surface area contributed by atoms with Crippen LogP contribution in [0.4, 0.5) is 0 Å². The smallest absolute Gasteiger partial charge is 0.358 e. The fourth-order valence-electron chi connectivity index (χ4n) is 2.53. The Kier molecular flexibility index (Phi) is 34.8. The summed E-state index contributed by atoms with van der Waals surface area (Å²) in [6, 6.07) is 10.9. The van der Waals surface area contributed by atoms with Crippen LogP contribution in [-0.4, -0.2) is 12.6 Å². The van der Waals surface area contributed by atoms with E-state index < -0.39 is 10.6 Å². The first-order valence-electron chi connectivity index (χ1n) is 9.39. The third-order valence-electron chi connectivity index (χ3n) is 3.86. The molecule has 0 N–H and O–H groups in total. The minimum atomic E-state index is -3.11. The van der Waals surface area contributed by atoms with Crippen molar-refractivity contribution in [1.29, 1.82) is 0 Å². The van der Waals surface area contributed by atoms with Gasteiger partial charge in [-0.05, 0) is 17.9 Å². The maximum Gasteiger partial charge on any atom is 1.00 e. The molecule has 0 saturated carbocycles. The second kappa shape index (κ2) is 27.1. The molecule has 0 amide bonds. The molecule has 0 fully saturated rings. The first kappa shape index (κ1) is 33.4. The third-order valence-corrected chi connectivity index (χ3v) is 3.86. The van der Waals surface area contributed by atoms with Crippen LogP contribution in [0, 0.1) is 7.43 Å². The second-order valence-corrected chi connectivity index (χ2v) is 6.19. The van der Waals surface area contributed by atoms with Gasteiger partial charge in [-0.25, -0.2) is 0 Å². The van der Waals surface area contributed by atoms with E-state index in [0.29, 0.717) is 0 Å². The minimum absolute atomic E-state index is 0. The van der Waals surface area contributed by atoms with Crippen molar-refractivity contribution < 1.29 is 42.2 Å². The normalized spacial score (nSPS) is 9.85. The van der Waals surface area contributed by atoms with Gasteiger partial charge in [-0.15, -0.1) is 12.6 Å². The molecule has 1 aromatic carbocycles. The molecule has 1 atom stereocenters. The van der Waals surface area contributed by atoms with Gasteiger partial charge in [-0.1, -0.05) is 109 Å². The van der Waals surface area contributed by atoms with Crippen molar-refractivity contribution in [3.8, 4) is 0 Å². The van der Waals surface area contributed by atoms with E-state index in [1.165, 1.54) is 63.4 Å². The van der Waals surface area contributed by atoms with E-state index in [4.69, 9.17) is 12.6 Å². The quantitative estimate of drug-likeness (QED) is 0.345. The molecule has 26 heavy (non-hydrogen) atoms. The largest absolute Gasteiger partial charge is 1.00 e. The molecule has 0 radical (unpaired) electrons. The Hall–Kier alpha value is -0.160. The van der Waals surface area contributed by atoms with Gasteiger partial charge in [0.1, 0.15) is 0 Å². The molecule has 0 saturated heterocycles. The van der Waals surface area contributed by atoms with Gasteiger partial charge < -0.3 is 7.43 Å². The van der Waals surface area contributed by atoms with Crippen molar-refractivity contribution in [2.24, 2.45) is 0 Å². The molecule has 0 aromatic heterocycles. The molecule has 1 unspecified atom stereocenters. The Morgan fingerprint density at radius 1 is 0.808 bits per heavy atom. The summed E-state index contributed by atoms with van der Waals surface area (Å²) >= 11 is 0. The van der Waals surface area contributed by atoms with E-state index in [0.717, 1.165) is 5.92 Å². The maximum atomic E-state index is 8.44. The number of unbranched alkanes of at least 4 members (excludes halogenated alkanes) is 7. The summed E-state index contributed by atoms with van der Waals surface area (Å²) in [4.78, 5) is 0. The molecule has 0 aliphatic heterocycles. The molecule has 5 heteroatoms. The van der Waals surface area contributed by atoms with Gasteiger partial charge in [0.25, 0.3) is 0 Å². The third kappa shape index (κ3) is 26.1. The van der Waals surface area contributed by atoms with Gasteiger partial charge in [-0.3, -0.25) is 0 Å². The van der Waals surface area contributed by atoms with Crippen LogP contribution in [0.15, 0.2) is 30.3 Å². The summed E-state index contributed by atoms with van der Waals surface area (Å²) in [5, 5.41) is 0. The fraction of sp³-hybridized carbons (Fsp3) is 0.667. The number of hydrogen-bond acceptors (Lipinski definition) is 3. The van der Waals surface area contributed by atoms with Crippen LogP contribution in [0.25, 0.3) is 0 Å². The van der Waals surface area contributed by atoms with Gasteiger partial charge in [0, 0.05) is 0 Å². The summed E-state index contributed by atoms with van der Waals surface area (Å²) in [6.45, 7) is 8.64. The van der Waals surface area contributed by atoms with Gasteiger partial charge in [-0.2, -0.15) is 0 Å². The number of benzene rings is 1. The zero-order chi connectivity index (χ0) is 18.6. The Bertz CT molecular complexity index is 454. The van der Waals surface area contributed by atoms with Gasteiger partial charge in [0.2, 0.25) is 0 Å². The minimum Gasteiger partial charge on any atom is -0.358 e. The van der Waals surface area contributed by atoms with Crippen LogP contribution in [0.3, 0.4) is 0 Å². The summed E-state index contributed by atoms with van der Waals surface area (Å²) in [6.07, 6.45) is 12.7. The van der Waals surface area contributed by atoms with Crippen LogP contribution in [-0.2, 0) is 10.6 Å². The molecule has 3 nitrogen and oxygen atoms in total. The van der Waals surface area contributed by atoms with Gasteiger partial charge >= 0.3 is 40.2 Å². The molecular formula is C21H39NaO3S. The van der Waals surface area contributed by atoms with E-state index in [-0.39, 0.29) is 37.0 Å². The van der Waals surface area contributed by atoms with Crippen LogP contribution >= 0.6 is 0 Å². The topological polar surface area (TPSA) is 51.2 Å². The summed E-state index contributed by atoms with van der Waals surface area (Å²) < 4.78 is 25.3. The predicted molar refractivity (Wildman–Crippen MR) is 110 cm³/mol. The van der Waals surface area contributed by atoms with Crippen LogP contribution in [0.5, 0.6) is 0 Å². The van der Waals surface area contributed by atoms with Gasteiger partial charge in [0.15, 0.2) is 0 Å². The fourth-order valence-corrected chi connectivity index (χ4v) is 2.53. The van der Waals surface area contributed by atoms with E-state index >= 15 is 0 Å². The molecule has 0 heterocycles. The van der Waals surface area contributed by atoms with Crippen molar-refractivity contribution >= 4 is 10.6 Å². The Morgan fingerprint density at radius 2 is 1.19 bits per heavy atom. The van der Waals surface area contributed by atoms with Crippen molar-refractivity contribution in [3.05, 3.63) is 43.3 Å². The molecule has 0 spiro atoms. The van der Waals surface area contributed by atoms with E-state index in [1.807, 2.05) is 13.8 Å². The van der Waals surface area contributed by atoms with E-state index in [9.17, 15) is 0 Å². The van der Waals surface area contributed by atoms with Crippen LogP contribution in [0.2, 0.25) is 0 Å². The first-order valence-corrected chi connectivity index (χ1v) is 10.4. The number of hydrogen-bond donors (Lipinski definition) is 0. The Labute approximate surface area is 186 Å². The van der Waals surface area contributed by atoms with Crippen LogP contribution < -0.4 is 29.6 Å².